The van der Waals surface area contributed by atoms with E-state index in [1.54, 1.807) is 19.5 Å². The van der Waals surface area contributed by atoms with Crippen molar-refractivity contribution in [1.29, 1.82) is 0 Å². The number of aliphatic hydroxyl groups excluding tert-OH is 1. The summed E-state index contributed by atoms with van der Waals surface area (Å²) in [5.74, 6) is 0.645. The van der Waals surface area contributed by atoms with Crippen LogP contribution in [-0.4, -0.2) is 59.0 Å². The van der Waals surface area contributed by atoms with Crippen LogP contribution in [-0.2, 0) is 13.2 Å². The lowest BCUT2D eigenvalue weighted by Gasteiger charge is -2.34. The second kappa shape index (κ2) is 10.2. The van der Waals surface area contributed by atoms with E-state index in [2.05, 4.69) is 50.6 Å². The molecular formula is C24H28ClN5O. The Balaban J connectivity index is 1.81. The number of hydrogen-bond acceptors (Lipinski definition) is 5. The van der Waals surface area contributed by atoms with Crippen LogP contribution in [0.5, 0.6) is 0 Å². The Morgan fingerprint density at radius 1 is 1.32 bits per heavy atom. The molecule has 1 fully saturated rings. The maximum absolute atomic E-state index is 9.67. The minimum absolute atomic E-state index is 0.0956. The van der Waals surface area contributed by atoms with Crippen molar-refractivity contribution in [1.82, 2.24) is 19.8 Å². The Kier molecular flexibility index (Phi) is 7.14. The molecule has 6 nitrogen and oxygen atoms in total. The summed E-state index contributed by atoms with van der Waals surface area (Å²) in [5.41, 5.74) is 4.64. The third-order valence-corrected chi connectivity index (χ3v) is 5.96. The minimum atomic E-state index is -0.0956. The van der Waals surface area contributed by atoms with Gasteiger partial charge in [0.2, 0.25) is 0 Å². The number of nitrogens with zero attached hydrogens (tertiary/aromatic N) is 4. The third-order valence-electron chi connectivity index (χ3n) is 5.72. The Hall–Kier alpha value is -2.51. The summed E-state index contributed by atoms with van der Waals surface area (Å²) in [7, 11) is 1.77. The van der Waals surface area contributed by atoms with E-state index in [0.29, 0.717) is 17.4 Å². The van der Waals surface area contributed by atoms with Crippen molar-refractivity contribution in [2.24, 2.45) is 4.99 Å². The molecule has 0 spiro atoms. The highest BCUT2D eigenvalue weighted by molar-refractivity contribution is 6.30. The number of rotatable bonds is 6. The van der Waals surface area contributed by atoms with Crippen LogP contribution in [0.25, 0.3) is 5.57 Å². The van der Waals surface area contributed by atoms with Gasteiger partial charge in [-0.2, -0.15) is 0 Å². The molecule has 4 rings (SSSR count). The molecule has 7 heteroatoms. The summed E-state index contributed by atoms with van der Waals surface area (Å²) in [4.78, 5) is 10.8. The topological polar surface area (TPSA) is 65.7 Å². The zero-order chi connectivity index (χ0) is 21.6. The van der Waals surface area contributed by atoms with E-state index in [-0.39, 0.29) is 12.6 Å². The van der Waals surface area contributed by atoms with E-state index >= 15 is 0 Å². The van der Waals surface area contributed by atoms with Crippen molar-refractivity contribution in [2.45, 2.75) is 19.2 Å². The van der Waals surface area contributed by atoms with Gasteiger partial charge in [-0.15, -0.1) is 0 Å². The lowest BCUT2D eigenvalue weighted by Crippen LogP contribution is -2.44. The van der Waals surface area contributed by atoms with E-state index in [1.807, 2.05) is 22.9 Å². The summed E-state index contributed by atoms with van der Waals surface area (Å²) >= 11 is 6.45. The molecule has 162 valence electrons. The van der Waals surface area contributed by atoms with Crippen molar-refractivity contribution >= 4 is 23.4 Å². The van der Waals surface area contributed by atoms with Gasteiger partial charge in [-0.25, -0.2) is 4.98 Å². The number of aliphatic hydroxyl groups is 1. The van der Waals surface area contributed by atoms with Crippen LogP contribution < -0.4 is 5.32 Å². The zero-order valence-corrected chi connectivity index (χ0v) is 18.5. The number of halogens is 1. The van der Waals surface area contributed by atoms with Crippen LogP contribution in [0.2, 0.25) is 5.02 Å². The highest BCUT2D eigenvalue weighted by atomic mass is 35.5. The second-order valence-corrected chi connectivity index (χ2v) is 8.13. The molecule has 2 aromatic rings. The molecule has 1 unspecified atom stereocenters. The Bertz CT molecular complexity index is 1030. The molecule has 2 N–H and O–H groups in total. The fourth-order valence-electron chi connectivity index (χ4n) is 4.22. The summed E-state index contributed by atoms with van der Waals surface area (Å²) in [6.07, 6.45) is 14.0. The van der Waals surface area contributed by atoms with Gasteiger partial charge in [0, 0.05) is 63.4 Å². The Morgan fingerprint density at radius 2 is 2.16 bits per heavy atom. The Morgan fingerprint density at radius 3 is 2.94 bits per heavy atom. The quantitative estimate of drug-likeness (QED) is 0.681. The number of piperazine rings is 1. The first-order valence-corrected chi connectivity index (χ1v) is 10.9. The van der Waals surface area contributed by atoms with Crippen molar-refractivity contribution in [3.05, 3.63) is 82.4 Å². The van der Waals surface area contributed by atoms with Gasteiger partial charge < -0.3 is 15.0 Å². The molecule has 1 atom stereocenters. The van der Waals surface area contributed by atoms with Crippen LogP contribution in [0.3, 0.4) is 0 Å². The number of allylic oxidation sites excluding steroid dienone is 5. The molecule has 1 aromatic heterocycles. The van der Waals surface area contributed by atoms with Crippen LogP contribution >= 0.6 is 11.6 Å². The first kappa shape index (κ1) is 21.7. The van der Waals surface area contributed by atoms with Crippen molar-refractivity contribution in [3.63, 3.8) is 0 Å². The van der Waals surface area contributed by atoms with Gasteiger partial charge >= 0.3 is 0 Å². The number of benzene rings is 1. The summed E-state index contributed by atoms with van der Waals surface area (Å²) in [6, 6.07) is 6.33. The summed E-state index contributed by atoms with van der Waals surface area (Å²) < 4.78 is 1.98. The van der Waals surface area contributed by atoms with Crippen molar-refractivity contribution in [3.8, 4) is 0 Å². The first-order chi connectivity index (χ1) is 15.2. The fourth-order valence-corrected chi connectivity index (χ4v) is 4.39. The van der Waals surface area contributed by atoms with Gasteiger partial charge in [0.15, 0.2) is 0 Å². The first-order valence-electron chi connectivity index (χ1n) is 10.6. The Labute approximate surface area is 188 Å². The average molecular weight is 438 g/mol. The molecule has 0 radical (unpaired) electrons. The number of aliphatic imine (C=N–C) groups is 1. The maximum atomic E-state index is 9.67. The van der Waals surface area contributed by atoms with Crippen LogP contribution in [0.1, 0.15) is 23.0 Å². The van der Waals surface area contributed by atoms with Crippen molar-refractivity contribution in [2.75, 3.05) is 33.2 Å². The van der Waals surface area contributed by atoms with Gasteiger partial charge in [-0.3, -0.25) is 9.89 Å². The average Bonchev–Trinajstić information content (AvgIpc) is 3.18. The lowest BCUT2D eigenvalue weighted by atomic mass is 9.95. The van der Waals surface area contributed by atoms with Crippen LogP contribution in [0, 0.1) is 0 Å². The number of hydrogen-bond donors (Lipinski definition) is 2. The standard InChI is InChI=1S/C24H28ClN5O/c1-26-6-2-3-18-13-19(16-30-12-9-28-24(30)17-31)22-15-20(25)4-5-21(22)23(14-18)29-10-7-27-8-11-29/h2-6,9,12-15,23,27,31H,7-8,10-11,16-17H2,1H3/b3-2-,26-6?. The highest BCUT2D eigenvalue weighted by Crippen LogP contribution is 2.37. The molecule has 1 aromatic carbocycles. The lowest BCUT2D eigenvalue weighted by molar-refractivity contribution is 0.203. The van der Waals surface area contributed by atoms with Crippen LogP contribution in [0.4, 0.5) is 0 Å². The summed E-state index contributed by atoms with van der Waals surface area (Å²) in [6.45, 7) is 4.45. The minimum Gasteiger partial charge on any atom is -0.388 e. The largest absolute Gasteiger partial charge is 0.388 e. The van der Waals surface area contributed by atoms with E-state index in [4.69, 9.17) is 11.6 Å². The smallest absolute Gasteiger partial charge is 0.134 e. The molecule has 1 aliphatic heterocycles. The SMILES string of the molecule is CN=C/C=C\C1=CC(N2CCNCC2)c2ccc(Cl)cc2C(Cn2ccnc2CO)=C1. The molecule has 2 heterocycles. The van der Waals surface area contributed by atoms with E-state index < -0.39 is 0 Å². The number of aromatic nitrogens is 2. The van der Waals surface area contributed by atoms with E-state index in [0.717, 1.165) is 42.9 Å². The fraction of sp³-hybridized carbons (Fsp3) is 0.333. The molecule has 2 aliphatic rings. The van der Waals surface area contributed by atoms with Crippen molar-refractivity contribution < 1.29 is 5.11 Å². The normalized spacial score (nSPS) is 20.0. The molecule has 0 bridgehead atoms. The molecular weight excluding hydrogens is 410 g/mol. The second-order valence-electron chi connectivity index (χ2n) is 7.69. The van der Waals surface area contributed by atoms with E-state index in [9.17, 15) is 5.11 Å². The molecule has 1 saturated heterocycles. The van der Waals surface area contributed by atoms with Gasteiger partial charge in [-0.1, -0.05) is 29.8 Å². The molecule has 0 saturated carbocycles. The zero-order valence-electron chi connectivity index (χ0n) is 17.7. The maximum Gasteiger partial charge on any atom is 0.134 e. The van der Waals surface area contributed by atoms with E-state index in [1.165, 1.54) is 5.56 Å². The summed E-state index contributed by atoms with van der Waals surface area (Å²) in [5, 5.41) is 13.8. The van der Waals surface area contributed by atoms with Gasteiger partial charge in [0.1, 0.15) is 12.4 Å². The van der Waals surface area contributed by atoms with Crippen LogP contribution in [0.15, 0.2) is 65.5 Å². The molecule has 31 heavy (non-hydrogen) atoms. The monoisotopic (exact) mass is 437 g/mol. The van der Waals surface area contributed by atoms with Gasteiger partial charge in [0.25, 0.3) is 0 Å². The highest BCUT2D eigenvalue weighted by Gasteiger charge is 2.26. The van der Waals surface area contributed by atoms with Gasteiger partial charge in [-0.05, 0) is 46.6 Å². The predicted octanol–water partition coefficient (Wildman–Crippen LogP) is 3.26. The number of nitrogens with one attached hydrogen (secondary N) is 1. The predicted molar refractivity (Wildman–Crippen MR) is 126 cm³/mol. The number of imidazole rings is 1. The number of fused-ring (bicyclic) bond motifs is 1. The van der Waals surface area contributed by atoms with Gasteiger partial charge in [0.05, 0.1) is 6.04 Å². The molecule has 1 aliphatic carbocycles. The third kappa shape index (κ3) is 5.05. The molecule has 0 amide bonds.